The number of aliphatic hydroxyl groups excluding tert-OH is 2. The smallest absolute Gasteiger partial charge is 0.242 e. The SMILES string of the molecule is CC(O)CC1(CC(C)O)C(=O)N(c2ccccc2)c2ccccc21. The van der Waals surface area contributed by atoms with Crippen LogP contribution < -0.4 is 4.90 Å². The molecule has 0 saturated carbocycles. The molecule has 0 aliphatic carbocycles. The van der Waals surface area contributed by atoms with Crippen LogP contribution in [0.2, 0.25) is 0 Å². The molecule has 4 nitrogen and oxygen atoms in total. The summed E-state index contributed by atoms with van der Waals surface area (Å²) < 4.78 is 0. The first-order valence-corrected chi connectivity index (χ1v) is 8.31. The lowest BCUT2D eigenvalue weighted by Crippen LogP contribution is -2.42. The molecule has 0 bridgehead atoms. The van der Waals surface area contributed by atoms with Crippen molar-refractivity contribution in [3.8, 4) is 0 Å². The Kier molecular flexibility index (Phi) is 4.43. The summed E-state index contributed by atoms with van der Waals surface area (Å²) in [5.41, 5.74) is 1.60. The van der Waals surface area contributed by atoms with Crippen molar-refractivity contribution in [1.29, 1.82) is 0 Å². The Labute approximate surface area is 142 Å². The van der Waals surface area contributed by atoms with E-state index in [1.807, 2.05) is 54.6 Å². The Morgan fingerprint density at radius 2 is 1.46 bits per heavy atom. The number of benzene rings is 2. The molecule has 0 aromatic heterocycles. The molecule has 2 unspecified atom stereocenters. The Bertz CT molecular complexity index is 715. The number of para-hydroxylation sites is 2. The zero-order valence-electron chi connectivity index (χ0n) is 14.0. The maximum Gasteiger partial charge on any atom is 0.242 e. The number of carbonyl (C=O) groups is 1. The largest absolute Gasteiger partial charge is 0.393 e. The predicted molar refractivity (Wildman–Crippen MR) is 94.3 cm³/mol. The third kappa shape index (κ3) is 2.72. The molecule has 2 atom stereocenters. The highest BCUT2D eigenvalue weighted by Gasteiger charge is 2.52. The fourth-order valence-corrected chi connectivity index (χ4v) is 3.83. The van der Waals surface area contributed by atoms with Gasteiger partial charge in [0.1, 0.15) is 0 Å². The molecule has 2 aromatic rings. The van der Waals surface area contributed by atoms with E-state index in [0.29, 0.717) is 0 Å². The van der Waals surface area contributed by atoms with Crippen LogP contribution in [0.25, 0.3) is 0 Å². The lowest BCUT2D eigenvalue weighted by molar-refractivity contribution is -0.124. The van der Waals surface area contributed by atoms with E-state index in [0.717, 1.165) is 16.9 Å². The second-order valence-electron chi connectivity index (χ2n) is 6.68. The second kappa shape index (κ2) is 6.38. The summed E-state index contributed by atoms with van der Waals surface area (Å²) >= 11 is 0. The van der Waals surface area contributed by atoms with Gasteiger partial charge in [0, 0.05) is 5.69 Å². The Balaban J connectivity index is 2.19. The molecule has 0 fully saturated rings. The normalized spacial score (nSPS) is 22.3. The molecule has 1 amide bonds. The molecule has 3 rings (SSSR count). The highest BCUT2D eigenvalue weighted by Crippen LogP contribution is 2.50. The number of aliphatic hydroxyl groups is 2. The summed E-state index contributed by atoms with van der Waals surface area (Å²) in [5, 5.41) is 20.1. The standard InChI is InChI=1S/C20H23NO3/c1-14(22)12-20(13-15(2)23)17-10-6-7-11-18(17)21(19(20)24)16-8-4-3-5-9-16/h3-11,14-15,22-23H,12-13H2,1-2H3. The highest BCUT2D eigenvalue weighted by atomic mass is 16.3. The Morgan fingerprint density at radius 1 is 0.917 bits per heavy atom. The van der Waals surface area contributed by atoms with E-state index in [4.69, 9.17) is 0 Å². The maximum atomic E-state index is 13.5. The molecule has 1 heterocycles. The number of hydrogen-bond donors (Lipinski definition) is 2. The zero-order valence-corrected chi connectivity index (χ0v) is 14.0. The number of rotatable bonds is 5. The first-order valence-electron chi connectivity index (χ1n) is 8.31. The van der Waals surface area contributed by atoms with Crippen molar-refractivity contribution in [2.24, 2.45) is 0 Å². The minimum atomic E-state index is -0.908. The number of hydrogen-bond acceptors (Lipinski definition) is 3. The molecular weight excluding hydrogens is 302 g/mol. The second-order valence-corrected chi connectivity index (χ2v) is 6.68. The van der Waals surface area contributed by atoms with Crippen molar-refractivity contribution >= 4 is 17.3 Å². The van der Waals surface area contributed by atoms with Gasteiger partial charge in [-0.05, 0) is 50.5 Å². The first-order chi connectivity index (χ1) is 11.5. The van der Waals surface area contributed by atoms with Gasteiger partial charge in [-0.1, -0.05) is 36.4 Å². The van der Waals surface area contributed by atoms with Crippen molar-refractivity contribution in [2.75, 3.05) is 4.90 Å². The average molecular weight is 325 g/mol. The third-order valence-corrected chi connectivity index (χ3v) is 4.58. The van der Waals surface area contributed by atoms with Gasteiger partial charge in [-0.25, -0.2) is 0 Å². The van der Waals surface area contributed by atoms with Crippen LogP contribution in [-0.2, 0) is 10.2 Å². The van der Waals surface area contributed by atoms with Gasteiger partial charge in [0.15, 0.2) is 0 Å². The van der Waals surface area contributed by atoms with Crippen LogP contribution in [0.5, 0.6) is 0 Å². The summed E-state index contributed by atoms with van der Waals surface area (Å²) in [6.45, 7) is 3.37. The molecule has 4 heteroatoms. The van der Waals surface area contributed by atoms with Crippen LogP contribution in [-0.4, -0.2) is 28.3 Å². The monoisotopic (exact) mass is 325 g/mol. The molecule has 24 heavy (non-hydrogen) atoms. The molecule has 0 radical (unpaired) electrons. The van der Waals surface area contributed by atoms with Crippen LogP contribution in [0.1, 0.15) is 32.3 Å². The van der Waals surface area contributed by atoms with Crippen molar-refractivity contribution in [3.63, 3.8) is 0 Å². The van der Waals surface area contributed by atoms with Crippen LogP contribution >= 0.6 is 0 Å². The van der Waals surface area contributed by atoms with Gasteiger partial charge < -0.3 is 10.2 Å². The summed E-state index contributed by atoms with van der Waals surface area (Å²) in [6.07, 6.45) is -0.707. The van der Waals surface area contributed by atoms with Crippen molar-refractivity contribution in [3.05, 3.63) is 60.2 Å². The molecule has 2 aromatic carbocycles. The maximum absolute atomic E-state index is 13.5. The van der Waals surface area contributed by atoms with Crippen LogP contribution in [0.3, 0.4) is 0 Å². The molecule has 1 aliphatic heterocycles. The fourth-order valence-electron chi connectivity index (χ4n) is 3.83. The van der Waals surface area contributed by atoms with Gasteiger partial charge in [0.2, 0.25) is 5.91 Å². The zero-order chi connectivity index (χ0) is 17.3. The highest BCUT2D eigenvalue weighted by molar-refractivity contribution is 6.13. The van der Waals surface area contributed by atoms with Gasteiger partial charge in [-0.2, -0.15) is 0 Å². The van der Waals surface area contributed by atoms with Gasteiger partial charge in [0.25, 0.3) is 0 Å². The summed E-state index contributed by atoms with van der Waals surface area (Å²) in [7, 11) is 0. The van der Waals surface area contributed by atoms with E-state index in [1.165, 1.54) is 0 Å². The van der Waals surface area contributed by atoms with E-state index in [1.54, 1.807) is 18.7 Å². The quantitative estimate of drug-likeness (QED) is 0.888. The molecule has 126 valence electrons. The van der Waals surface area contributed by atoms with Gasteiger partial charge >= 0.3 is 0 Å². The number of fused-ring (bicyclic) bond motifs is 1. The lowest BCUT2D eigenvalue weighted by atomic mass is 9.73. The number of amides is 1. The van der Waals surface area contributed by atoms with Gasteiger partial charge in [0.05, 0.1) is 23.3 Å². The van der Waals surface area contributed by atoms with E-state index in [9.17, 15) is 15.0 Å². The molecule has 0 spiro atoms. The minimum Gasteiger partial charge on any atom is -0.393 e. The molecular formula is C20H23NO3. The number of nitrogens with zero attached hydrogens (tertiary/aromatic N) is 1. The van der Waals surface area contributed by atoms with Crippen LogP contribution in [0, 0.1) is 0 Å². The third-order valence-electron chi connectivity index (χ3n) is 4.58. The summed E-state index contributed by atoms with van der Waals surface area (Å²) in [5.74, 6) is -0.0864. The van der Waals surface area contributed by atoms with Gasteiger partial charge in [-0.15, -0.1) is 0 Å². The average Bonchev–Trinajstić information content (AvgIpc) is 2.76. The fraction of sp³-hybridized carbons (Fsp3) is 0.350. The van der Waals surface area contributed by atoms with E-state index in [-0.39, 0.29) is 18.7 Å². The Hall–Kier alpha value is -2.17. The van der Waals surface area contributed by atoms with Crippen LogP contribution in [0.4, 0.5) is 11.4 Å². The first kappa shape index (κ1) is 16.7. The number of anilines is 2. The summed E-state index contributed by atoms with van der Waals surface area (Å²) in [4.78, 5) is 15.2. The van der Waals surface area contributed by atoms with Crippen molar-refractivity contribution < 1.29 is 15.0 Å². The number of carbonyl (C=O) groups excluding carboxylic acids is 1. The Morgan fingerprint density at radius 3 is 2.04 bits per heavy atom. The predicted octanol–water partition coefficient (Wildman–Crippen LogP) is 3.14. The molecule has 2 N–H and O–H groups in total. The van der Waals surface area contributed by atoms with Crippen LogP contribution in [0.15, 0.2) is 54.6 Å². The van der Waals surface area contributed by atoms with E-state index in [2.05, 4.69) is 0 Å². The van der Waals surface area contributed by atoms with Crippen molar-refractivity contribution in [1.82, 2.24) is 0 Å². The summed E-state index contributed by atoms with van der Waals surface area (Å²) in [6, 6.07) is 17.2. The van der Waals surface area contributed by atoms with Gasteiger partial charge in [-0.3, -0.25) is 9.69 Å². The topological polar surface area (TPSA) is 60.8 Å². The van der Waals surface area contributed by atoms with E-state index < -0.39 is 17.6 Å². The van der Waals surface area contributed by atoms with Crippen molar-refractivity contribution in [2.45, 2.75) is 44.3 Å². The molecule has 0 saturated heterocycles. The molecule has 1 aliphatic rings. The minimum absolute atomic E-state index is 0.0864. The van der Waals surface area contributed by atoms with E-state index >= 15 is 0 Å². The lowest BCUT2D eigenvalue weighted by Gasteiger charge is -2.31.